The predicted octanol–water partition coefficient (Wildman–Crippen LogP) is 2.79. The molecule has 0 spiro atoms. The topological polar surface area (TPSA) is 62.9 Å². The van der Waals surface area contributed by atoms with Crippen molar-refractivity contribution in [3.8, 4) is 5.75 Å². The Kier molecular flexibility index (Phi) is 7.96. The maximum Gasteiger partial charge on any atom is 0.188 e. The minimum Gasteiger partial charge on any atom is -0.497 e. The van der Waals surface area contributed by atoms with Gasteiger partial charge >= 0.3 is 0 Å². The molecule has 0 heterocycles. The Morgan fingerprint density at radius 1 is 1.12 bits per heavy atom. The smallest absolute Gasteiger partial charge is 0.188 e. The van der Waals surface area contributed by atoms with Crippen molar-refractivity contribution in [2.75, 3.05) is 27.2 Å². The molecule has 26 heavy (non-hydrogen) atoms. The van der Waals surface area contributed by atoms with E-state index in [1.807, 2.05) is 12.1 Å². The Labute approximate surface area is 156 Å². The van der Waals surface area contributed by atoms with Gasteiger partial charge in [-0.15, -0.1) is 0 Å². The van der Waals surface area contributed by atoms with Gasteiger partial charge in [0.1, 0.15) is 5.75 Å². The number of hydrogen-bond acceptors (Lipinski definition) is 3. The maximum atomic E-state index is 5.98. The van der Waals surface area contributed by atoms with Gasteiger partial charge in [0.2, 0.25) is 0 Å². The number of nitrogens with one attached hydrogen (secondary N) is 1. The van der Waals surface area contributed by atoms with Gasteiger partial charge in [-0.25, -0.2) is 4.99 Å². The van der Waals surface area contributed by atoms with Crippen molar-refractivity contribution in [1.82, 2.24) is 10.2 Å². The largest absolute Gasteiger partial charge is 0.497 e. The highest BCUT2D eigenvalue weighted by atomic mass is 16.5. The van der Waals surface area contributed by atoms with Gasteiger partial charge in [0, 0.05) is 13.1 Å². The quantitative estimate of drug-likeness (QED) is 0.537. The van der Waals surface area contributed by atoms with E-state index in [2.05, 4.69) is 65.6 Å². The Morgan fingerprint density at radius 2 is 1.85 bits per heavy atom. The normalized spacial score (nSPS) is 11.6. The predicted molar refractivity (Wildman–Crippen MR) is 108 cm³/mol. The molecule has 0 unspecified atom stereocenters. The van der Waals surface area contributed by atoms with E-state index < -0.39 is 0 Å². The SMILES string of the molecule is CCN(C)Cc1cccc(CN=C(N)NCCc2ccc(OC)cc2)c1. The number of aliphatic imine (C=N–C) groups is 1. The van der Waals surface area contributed by atoms with E-state index in [0.717, 1.165) is 31.8 Å². The van der Waals surface area contributed by atoms with E-state index in [1.165, 1.54) is 16.7 Å². The van der Waals surface area contributed by atoms with Crippen LogP contribution in [0.1, 0.15) is 23.6 Å². The second-order valence-electron chi connectivity index (χ2n) is 6.38. The van der Waals surface area contributed by atoms with E-state index in [9.17, 15) is 0 Å². The molecule has 0 amide bonds. The van der Waals surface area contributed by atoms with Crippen molar-refractivity contribution in [2.45, 2.75) is 26.4 Å². The average Bonchev–Trinajstić information content (AvgIpc) is 2.67. The molecule has 5 heteroatoms. The molecule has 0 aliphatic carbocycles. The number of rotatable bonds is 9. The van der Waals surface area contributed by atoms with E-state index in [0.29, 0.717) is 12.5 Å². The molecule has 2 aromatic rings. The summed E-state index contributed by atoms with van der Waals surface area (Å²) in [5, 5.41) is 3.17. The third-order valence-electron chi connectivity index (χ3n) is 4.29. The fraction of sp³-hybridized carbons (Fsp3) is 0.381. The minimum absolute atomic E-state index is 0.481. The van der Waals surface area contributed by atoms with Gasteiger partial charge < -0.3 is 20.7 Å². The third-order valence-corrected chi connectivity index (χ3v) is 4.29. The molecule has 0 atom stereocenters. The van der Waals surface area contributed by atoms with Crippen molar-refractivity contribution in [3.63, 3.8) is 0 Å². The van der Waals surface area contributed by atoms with E-state index in [4.69, 9.17) is 10.5 Å². The first kappa shape index (κ1) is 19.8. The van der Waals surface area contributed by atoms with E-state index in [-0.39, 0.29) is 0 Å². The van der Waals surface area contributed by atoms with Gasteiger partial charge in [0.15, 0.2) is 5.96 Å². The van der Waals surface area contributed by atoms with Gasteiger partial charge in [-0.3, -0.25) is 0 Å². The minimum atomic E-state index is 0.481. The summed E-state index contributed by atoms with van der Waals surface area (Å²) < 4.78 is 5.16. The summed E-state index contributed by atoms with van der Waals surface area (Å²) in [7, 11) is 3.79. The van der Waals surface area contributed by atoms with Crippen LogP contribution in [0.15, 0.2) is 53.5 Å². The van der Waals surface area contributed by atoms with Gasteiger partial charge in [-0.2, -0.15) is 0 Å². The standard InChI is InChI=1S/C21H30N4O/c1-4-25(2)16-19-7-5-6-18(14-19)15-24-21(22)23-13-12-17-8-10-20(26-3)11-9-17/h5-11,14H,4,12-13,15-16H2,1-3H3,(H3,22,23,24). The zero-order valence-electron chi connectivity index (χ0n) is 16.0. The number of benzene rings is 2. The third kappa shape index (κ3) is 6.76. The first-order chi connectivity index (χ1) is 12.6. The van der Waals surface area contributed by atoms with Crippen molar-refractivity contribution < 1.29 is 4.74 Å². The summed E-state index contributed by atoms with van der Waals surface area (Å²) in [4.78, 5) is 6.72. The Hall–Kier alpha value is -2.53. The molecule has 5 nitrogen and oxygen atoms in total. The van der Waals surface area contributed by atoms with Gasteiger partial charge in [-0.05, 0) is 48.8 Å². The first-order valence-electron chi connectivity index (χ1n) is 9.03. The molecule has 140 valence electrons. The van der Waals surface area contributed by atoms with Crippen LogP contribution in [-0.4, -0.2) is 38.1 Å². The molecule has 3 N–H and O–H groups in total. The van der Waals surface area contributed by atoms with Gasteiger partial charge in [0.25, 0.3) is 0 Å². The van der Waals surface area contributed by atoms with Crippen LogP contribution in [0, 0.1) is 0 Å². The number of hydrogen-bond donors (Lipinski definition) is 2. The second-order valence-corrected chi connectivity index (χ2v) is 6.38. The van der Waals surface area contributed by atoms with Crippen LogP contribution in [0.3, 0.4) is 0 Å². The zero-order chi connectivity index (χ0) is 18.8. The summed E-state index contributed by atoms with van der Waals surface area (Å²) >= 11 is 0. The zero-order valence-corrected chi connectivity index (χ0v) is 16.0. The van der Waals surface area contributed by atoms with Crippen LogP contribution in [0.4, 0.5) is 0 Å². The number of ether oxygens (including phenoxy) is 1. The Bertz CT molecular complexity index is 697. The van der Waals surface area contributed by atoms with Gasteiger partial charge in [-0.1, -0.05) is 43.3 Å². The lowest BCUT2D eigenvalue weighted by atomic mass is 10.1. The molecule has 0 aliphatic heterocycles. The molecule has 0 saturated heterocycles. The fourth-order valence-corrected chi connectivity index (χ4v) is 2.61. The second kappa shape index (κ2) is 10.5. The van der Waals surface area contributed by atoms with Crippen LogP contribution < -0.4 is 15.8 Å². The molecule has 0 saturated carbocycles. The number of nitrogens with two attached hydrogens (primary N) is 1. The van der Waals surface area contributed by atoms with Crippen LogP contribution in [0.5, 0.6) is 5.75 Å². The lowest BCUT2D eigenvalue weighted by Crippen LogP contribution is -2.33. The molecule has 2 aromatic carbocycles. The van der Waals surface area contributed by atoms with Crippen LogP contribution >= 0.6 is 0 Å². The number of guanidine groups is 1. The molecule has 2 rings (SSSR count). The van der Waals surface area contributed by atoms with Crippen molar-refractivity contribution in [3.05, 3.63) is 65.2 Å². The lowest BCUT2D eigenvalue weighted by molar-refractivity contribution is 0.345. The van der Waals surface area contributed by atoms with Crippen LogP contribution in [0.25, 0.3) is 0 Å². The Balaban J connectivity index is 1.79. The molecule has 0 radical (unpaired) electrons. The Morgan fingerprint density at radius 3 is 2.54 bits per heavy atom. The molecule has 0 aromatic heterocycles. The summed E-state index contributed by atoms with van der Waals surface area (Å²) in [6.07, 6.45) is 0.888. The highest BCUT2D eigenvalue weighted by molar-refractivity contribution is 5.77. The van der Waals surface area contributed by atoms with Crippen molar-refractivity contribution in [2.24, 2.45) is 10.7 Å². The fourth-order valence-electron chi connectivity index (χ4n) is 2.61. The summed E-state index contributed by atoms with van der Waals surface area (Å²) in [5.41, 5.74) is 9.69. The molecular weight excluding hydrogens is 324 g/mol. The average molecular weight is 354 g/mol. The first-order valence-corrected chi connectivity index (χ1v) is 9.03. The molecule has 0 fully saturated rings. The van der Waals surface area contributed by atoms with Crippen molar-refractivity contribution in [1.29, 1.82) is 0 Å². The highest BCUT2D eigenvalue weighted by Crippen LogP contribution is 2.11. The number of nitrogens with zero attached hydrogens (tertiary/aromatic N) is 2. The van der Waals surface area contributed by atoms with Crippen molar-refractivity contribution >= 4 is 5.96 Å². The van der Waals surface area contributed by atoms with E-state index in [1.54, 1.807) is 7.11 Å². The number of methoxy groups -OCH3 is 1. The van der Waals surface area contributed by atoms with E-state index >= 15 is 0 Å². The summed E-state index contributed by atoms with van der Waals surface area (Å²) in [5.74, 6) is 1.35. The highest BCUT2D eigenvalue weighted by Gasteiger charge is 2.00. The summed E-state index contributed by atoms with van der Waals surface area (Å²) in [6, 6.07) is 16.6. The summed E-state index contributed by atoms with van der Waals surface area (Å²) in [6.45, 7) is 5.48. The monoisotopic (exact) mass is 354 g/mol. The molecule has 0 bridgehead atoms. The van der Waals surface area contributed by atoms with Gasteiger partial charge in [0.05, 0.1) is 13.7 Å². The van der Waals surface area contributed by atoms with Crippen LogP contribution in [0.2, 0.25) is 0 Å². The lowest BCUT2D eigenvalue weighted by Gasteiger charge is -2.14. The molecule has 0 aliphatic rings. The maximum absolute atomic E-state index is 5.98. The molecular formula is C21H30N4O. The van der Waals surface area contributed by atoms with Crippen LogP contribution in [-0.2, 0) is 19.5 Å².